The van der Waals surface area contributed by atoms with Gasteiger partial charge >= 0.3 is 0 Å². The van der Waals surface area contributed by atoms with Crippen LogP contribution in [0.2, 0.25) is 0 Å². The van der Waals surface area contributed by atoms with Gasteiger partial charge in [0.2, 0.25) is 0 Å². The van der Waals surface area contributed by atoms with Gasteiger partial charge in [0.15, 0.2) is 5.03 Å². The number of nitrogens with zero attached hydrogens (tertiary/aromatic N) is 4. The zero-order valence-corrected chi connectivity index (χ0v) is 9.91. The van der Waals surface area contributed by atoms with Crippen molar-refractivity contribution >= 4 is 18.0 Å². The van der Waals surface area contributed by atoms with Crippen LogP contribution in [0.4, 0.5) is 5.69 Å². The zero-order valence-electron chi connectivity index (χ0n) is 9.91. The van der Waals surface area contributed by atoms with Crippen LogP contribution in [-0.2, 0) is 0 Å². The molecule has 1 aliphatic heterocycles. The maximum Gasteiger partial charge on any atom is 0.276 e. The third-order valence-electron chi connectivity index (χ3n) is 2.46. The van der Waals surface area contributed by atoms with E-state index in [1.165, 1.54) is 0 Å². The summed E-state index contributed by atoms with van der Waals surface area (Å²) in [5, 5.41) is 15.7. The first-order valence-electron chi connectivity index (χ1n) is 5.49. The number of aryl methyl sites for hydroxylation is 1. The highest BCUT2D eigenvalue weighted by molar-refractivity contribution is 5.92. The molecule has 1 aliphatic rings. The molecule has 0 saturated carbocycles. The molecule has 0 radical (unpaired) electrons. The lowest BCUT2D eigenvalue weighted by atomic mass is 10.2. The van der Waals surface area contributed by atoms with Crippen molar-refractivity contribution < 1.29 is 5.03 Å². The van der Waals surface area contributed by atoms with Crippen molar-refractivity contribution in [2.75, 3.05) is 13.1 Å². The van der Waals surface area contributed by atoms with Gasteiger partial charge in [0.05, 0.1) is 12.0 Å². The van der Waals surface area contributed by atoms with Gasteiger partial charge in [-0.1, -0.05) is 17.7 Å². The number of hydrazone groups is 1. The summed E-state index contributed by atoms with van der Waals surface area (Å²) >= 11 is 0. The minimum absolute atomic E-state index is 0.218. The van der Waals surface area contributed by atoms with Crippen LogP contribution in [-0.4, -0.2) is 35.3 Å². The molecule has 0 amide bonds. The first-order chi connectivity index (χ1) is 8.65. The van der Waals surface area contributed by atoms with E-state index in [2.05, 4.69) is 15.4 Å². The number of aliphatic imine (C=N–C) groups is 1. The standard InChI is InChI=1S/C11H13N5O2/c1-9-2-4-10(5-3-9)13-8-15-7-6-12-11(15)14-16(17)18/h2-5,8H,6-7H2,1H3,(H,12,14). The Morgan fingerprint density at radius 2 is 2.17 bits per heavy atom. The molecule has 1 saturated heterocycles. The molecule has 1 aromatic carbocycles. The molecule has 0 unspecified atom stereocenters. The maximum absolute atomic E-state index is 10.3. The summed E-state index contributed by atoms with van der Waals surface area (Å²) in [5.74, 6) is 0.218. The molecule has 1 heterocycles. The quantitative estimate of drug-likeness (QED) is 0.375. The van der Waals surface area contributed by atoms with Crippen LogP contribution in [0.1, 0.15) is 5.56 Å². The van der Waals surface area contributed by atoms with Gasteiger partial charge in [-0.05, 0) is 19.1 Å². The summed E-state index contributed by atoms with van der Waals surface area (Å²) in [4.78, 5) is 16.2. The second kappa shape index (κ2) is 5.26. The highest BCUT2D eigenvalue weighted by atomic mass is 16.7. The Morgan fingerprint density at radius 3 is 2.83 bits per heavy atom. The molecule has 0 spiro atoms. The third-order valence-corrected chi connectivity index (χ3v) is 2.46. The lowest BCUT2D eigenvalue weighted by Gasteiger charge is -2.07. The van der Waals surface area contributed by atoms with E-state index in [-0.39, 0.29) is 5.96 Å². The van der Waals surface area contributed by atoms with Gasteiger partial charge in [-0.3, -0.25) is 4.90 Å². The summed E-state index contributed by atoms with van der Waals surface area (Å²) in [5.41, 5.74) is 1.96. The average Bonchev–Trinajstić information content (AvgIpc) is 2.75. The molecule has 0 atom stereocenters. The van der Waals surface area contributed by atoms with Crippen molar-refractivity contribution in [1.82, 2.24) is 10.2 Å². The summed E-state index contributed by atoms with van der Waals surface area (Å²) < 4.78 is 0. The molecule has 1 aromatic rings. The van der Waals surface area contributed by atoms with E-state index in [4.69, 9.17) is 0 Å². The number of rotatable bonds is 3. The Morgan fingerprint density at radius 1 is 1.44 bits per heavy atom. The normalized spacial score (nSPS) is 17.4. The summed E-state index contributed by atoms with van der Waals surface area (Å²) in [6, 6.07) is 7.70. The molecule has 18 heavy (non-hydrogen) atoms. The van der Waals surface area contributed by atoms with Crippen LogP contribution in [0.15, 0.2) is 34.4 Å². The molecule has 7 heteroatoms. The average molecular weight is 247 g/mol. The molecule has 7 nitrogen and oxygen atoms in total. The first kappa shape index (κ1) is 12.0. The van der Waals surface area contributed by atoms with Crippen LogP contribution < -0.4 is 5.32 Å². The number of hydrogen-bond donors (Lipinski definition) is 1. The SMILES string of the molecule is Cc1ccc(N=CN2CCN/C2=N/[N+](=O)[O-])cc1. The van der Waals surface area contributed by atoms with E-state index < -0.39 is 5.03 Å². The van der Waals surface area contributed by atoms with Gasteiger partial charge in [0.1, 0.15) is 5.10 Å². The smallest absolute Gasteiger partial charge is 0.276 e. The molecule has 0 bridgehead atoms. The second-order valence-electron chi connectivity index (χ2n) is 3.86. The Kier molecular flexibility index (Phi) is 3.52. The van der Waals surface area contributed by atoms with E-state index in [9.17, 15) is 10.1 Å². The van der Waals surface area contributed by atoms with Crippen molar-refractivity contribution in [2.45, 2.75) is 6.92 Å². The minimum atomic E-state index is -0.722. The molecule has 2 rings (SSSR count). The topological polar surface area (TPSA) is 83.1 Å². The van der Waals surface area contributed by atoms with Crippen LogP contribution in [0, 0.1) is 17.0 Å². The lowest BCUT2D eigenvalue weighted by Crippen LogP contribution is -2.29. The Bertz CT molecular complexity index is 495. The lowest BCUT2D eigenvalue weighted by molar-refractivity contribution is -0.485. The fourth-order valence-corrected chi connectivity index (χ4v) is 1.55. The monoisotopic (exact) mass is 247 g/mol. The Balaban J connectivity index is 2.08. The number of guanidine groups is 1. The number of nitrogens with one attached hydrogen (secondary N) is 1. The fourth-order valence-electron chi connectivity index (χ4n) is 1.55. The predicted molar refractivity (Wildman–Crippen MR) is 68.5 cm³/mol. The van der Waals surface area contributed by atoms with Crippen molar-refractivity contribution in [3.63, 3.8) is 0 Å². The maximum atomic E-state index is 10.3. The van der Waals surface area contributed by atoms with Crippen LogP contribution in [0.5, 0.6) is 0 Å². The largest absolute Gasteiger partial charge is 0.349 e. The van der Waals surface area contributed by atoms with E-state index in [1.807, 2.05) is 31.2 Å². The van der Waals surface area contributed by atoms with Crippen molar-refractivity contribution in [2.24, 2.45) is 10.1 Å². The third kappa shape index (κ3) is 3.03. The summed E-state index contributed by atoms with van der Waals surface area (Å²) in [7, 11) is 0. The van der Waals surface area contributed by atoms with Gasteiger partial charge in [-0.15, -0.1) is 0 Å². The van der Waals surface area contributed by atoms with Crippen LogP contribution in [0.25, 0.3) is 0 Å². The molecule has 1 fully saturated rings. The van der Waals surface area contributed by atoms with Gasteiger partial charge in [-0.2, -0.15) is 0 Å². The summed E-state index contributed by atoms with van der Waals surface area (Å²) in [6.07, 6.45) is 1.55. The number of nitro groups is 1. The molecule has 0 aromatic heterocycles. The fraction of sp³-hybridized carbons (Fsp3) is 0.273. The van der Waals surface area contributed by atoms with Crippen molar-refractivity contribution in [1.29, 1.82) is 0 Å². The Hall–Kier alpha value is -2.44. The zero-order chi connectivity index (χ0) is 13.0. The van der Waals surface area contributed by atoms with E-state index in [0.29, 0.717) is 13.1 Å². The molecule has 1 N–H and O–H groups in total. The van der Waals surface area contributed by atoms with E-state index in [0.717, 1.165) is 11.3 Å². The van der Waals surface area contributed by atoms with Crippen LogP contribution in [0.3, 0.4) is 0 Å². The summed E-state index contributed by atoms with van der Waals surface area (Å²) in [6.45, 7) is 3.23. The number of benzene rings is 1. The number of hydrogen-bond acceptors (Lipinski definition) is 3. The van der Waals surface area contributed by atoms with Gasteiger partial charge in [0, 0.05) is 13.1 Å². The van der Waals surface area contributed by atoms with E-state index in [1.54, 1.807) is 11.2 Å². The van der Waals surface area contributed by atoms with Gasteiger partial charge in [-0.25, -0.2) is 15.1 Å². The first-order valence-corrected chi connectivity index (χ1v) is 5.49. The predicted octanol–water partition coefficient (Wildman–Crippen LogP) is 1.11. The Labute approximate surface area is 104 Å². The van der Waals surface area contributed by atoms with Crippen molar-refractivity contribution in [3.8, 4) is 0 Å². The van der Waals surface area contributed by atoms with Gasteiger partial charge < -0.3 is 5.32 Å². The molecule has 94 valence electrons. The highest BCUT2D eigenvalue weighted by Crippen LogP contribution is 2.12. The highest BCUT2D eigenvalue weighted by Gasteiger charge is 2.19. The van der Waals surface area contributed by atoms with Gasteiger partial charge in [0.25, 0.3) is 5.96 Å². The van der Waals surface area contributed by atoms with E-state index >= 15 is 0 Å². The second-order valence-corrected chi connectivity index (χ2v) is 3.86. The molecule has 0 aliphatic carbocycles. The minimum Gasteiger partial charge on any atom is -0.349 e. The molecular weight excluding hydrogens is 234 g/mol. The van der Waals surface area contributed by atoms with Crippen LogP contribution >= 0.6 is 0 Å². The van der Waals surface area contributed by atoms with Crippen molar-refractivity contribution in [3.05, 3.63) is 39.9 Å². The molecular formula is C11H13N5O2.